The molecule has 0 spiro atoms. The number of nitrogens with zero attached hydrogens (tertiary/aromatic N) is 2. The number of carbonyl (C=O) groups excluding carboxylic acids is 1. The molecule has 0 saturated heterocycles. The van der Waals surface area contributed by atoms with Crippen LogP contribution >= 0.6 is 66.4 Å². The number of esters is 1. The SMILES string of the molecule is CCOC(=O)C1=C(C)N=c2s/c(=C\c3cc(Br)c(OCc4ccc(Cl)cc4Cl)c(Br)c3)c(=O)n2[C@H]1c1ccc(C(C)C)cc1. The molecule has 0 radical (unpaired) electrons. The maximum atomic E-state index is 14.0. The van der Waals surface area contributed by atoms with E-state index >= 15 is 0 Å². The quantitative estimate of drug-likeness (QED) is 0.169. The average Bonchev–Trinajstić information content (AvgIpc) is 3.26. The highest BCUT2D eigenvalue weighted by atomic mass is 79.9. The summed E-state index contributed by atoms with van der Waals surface area (Å²) >= 11 is 20.8. The minimum Gasteiger partial charge on any atom is -0.486 e. The summed E-state index contributed by atoms with van der Waals surface area (Å²) in [6, 6.07) is 16.4. The summed E-state index contributed by atoms with van der Waals surface area (Å²) in [5.41, 5.74) is 4.19. The van der Waals surface area contributed by atoms with Crippen molar-refractivity contribution >= 4 is 78.4 Å². The smallest absolute Gasteiger partial charge is 0.338 e. The Bertz CT molecular complexity index is 1940. The third-order valence-corrected chi connectivity index (χ3v) is 9.89. The largest absolute Gasteiger partial charge is 0.486 e. The second-order valence-electron chi connectivity index (χ2n) is 10.5. The molecule has 228 valence electrons. The number of carbonyl (C=O) groups is 1. The van der Waals surface area contributed by atoms with Gasteiger partial charge in [-0.3, -0.25) is 9.36 Å². The van der Waals surface area contributed by atoms with Crippen molar-refractivity contribution < 1.29 is 14.3 Å². The van der Waals surface area contributed by atoms with Gasteiger partial charge in [0.2, 0.25) is 0 Å². The summed E-state index contributed by atoms with van der Waals surface area (Å²) in [4.78, 5) is 32.4. The fraction of sp³-hybridized carbons (Fsp3) is 0.242. The molecule has 3 aromatic carbocycles. The number of benzene rings is 3. The maximum Gasteiger partial charge on any atom is 0.338 e. The third-order valence-electron chi connectivity index (χ3n) is 7.14. The van der Waals surface area contributed by atoms with Crippen LogP contribution in [0.4, 0.5) is 0 Å². The number of rotatable bonds is 8. The molecule has 0 saturated carbocycles. The van der Waals surface area contributed by atoms with Gasteiger partial charge in [0.15, 0.2) is 4.80 Å². The molecule has 6 nitrogen and oxygen atoms in total. The Labute approximate surface area is 285 Å². The van der Waals surface area contributed by atoms with Crippen LogP contribution in [0.25, 0.3) is 6.08 Å². The number of hydrogen-bond acceptors (Lipinski definition) is 6. The van der Waals surface area contributed by atoms with Crippen LogP contribution in [0.3, 0.4) is 0 Å². The van der Waals surface area contributed by atoms with Crippen LogP contribution in [0.15, 0.2) is 84.6 Å². The summed E-state index contributed by atoms with van der Waals surface area (Å²) in [6.45, 7) is 8.24. The molecule has 4 aromatic rings. The molecule has 5 rings (SSSR count). The van der Waals surface area contributed by atoms with E-state index in [2.05, 4.69) is 50.7 Å². The summed E-state index contributed by atoms with van der Waals surface area (Å²) in [6.07, 6.45) is 1.81. The van der Waals surface area contributed by atoms with Crippen molar-refractivity contribution in [1.82, 2.24) is 4.57 Å². The van der Waals surface area contributed by atoms with Gasteiger partial charge in [-0.25, -0.2) is 9.79 Å². The Morgan fingerprint density at radius 2 is 1.77 bits per heavy atom. The molecule has 0 N–H and O–H groups in total. The fourth-order valence-corrected chi connectivity index (χ4v) is 7.87. The molecule has 1 aliphatic heterocycles. The fourth-order valence-electron chi connectivity index (χ4n) is 4.91. The van der Waals surface area contributed by atoms with Gasteiger partial charge in [-0.05, 0) is 98.7 Å². The Kier molecular flexibility index (Phi) is 10.2. The Hall–Kier alpha value is -2.69. The first kappa shape index (κ1) is 32.7. The molecule has 0 bridgehead atoms. The predicted octanol–water partition coefficient (Wildman–Crippen LogP) is 8.33. The van der Waals surface area contributed by atoms with E-state index in [1.54, 1.807) is 30.5 Å². The van der Waals surface area contributed by atoms with Crippen molar-refractivity contribution in [2.75, 3.05) is 6.61 Å². The number of aromatic nitrogens is 1. The first-order chi connectivity index (χ1) is 21.0. The average molecular weight is 779 g/mol. The van der Waals surface area contributed by atoms with Crippen LogP contribution in [-0.2, 0) is 16.1 Å². The van der Waals surface area contributed by atoms with Gasteiger partial charge >= 0.3 is 5.97 Å². The van der Waals surface area contributed by atoms with Crippen molar-refractivity contribution in [3.05, 3.63) is 127 Å². The topological polar surface area (TPSA) is 69.9 Å². The number of halogens is 4. The monoisotopic (exact) mass is 776 g/mol. The van der Waals surface area contributed by atoms with E-state index < -0.39 is 12.0 Å². The minimum absolute atomic E-state index is 0.218. The number of ether oxygens (including phenoxy) is 2. The zero-order valence-electron chi connectivity index (χ0n) is 24.3. The van der Waals surface area contributed by atoms with Crippen molar-refractivity contribution in [2.24, 2.45) is 4.99 Å². The van der Waals surface area contributed by atoms with Crippen LogP contribution in [0.1, 0.15) is 61.9 Å². The highest BCUT2D eigenvalue weighted by molar-refractivity contribution is 9.11. The van der Waals surface area contributed by atoms with E-state index in [-0.39, 0.29) is 18.8 Å². The predicted molar refractivity (Wildman–Crippen MR) is 184 cm³/mol. The maximum absolute atomic E-state index is 14.0. The lowest BCUT2D eigenvalue weighted by molar-refractivity contribution is -0.139. The summed E-state index contributed by atoms with van der Waals surface area (Å²) in [5.74, 6) is 0.456. The van der Waals surface area contributed by atoms with Gasteiger partial charge in [0.25, 0.3) is 5.56 Å². The minimum atomic E-state index is -0.664. The molecule has 0 amide bonds. The lowest BCUT2D eigenvalue weighted by atomic mass is 9.93. The van der Waals surface area contributed by atoms with Crippen LogP contribution in [-0.4, -0.2) is 17.1 Å². The van der Waals surface area contributed by atoms with E-state index in [0.717, 1.165) is 16.7 Å². The standard InChI is InChI=1S/C33H28Br2Cl2N2O4S/c1-5-42-32(41)28-18(4)38-33-39(29(28)21-8-6-20(7-9-21)17(2)3)31(40)27(44-33)14-19-12-24(34)30(25(35)13-19)43-16-22-10-11-23(36)15-26(22)37/h6-15,17,29H,5,16H2,1-4H3/b27-14-/t29-/m0/s1. The Morgan fingerprint density at radius 3 is 2.39 bits per heavy atom. The molecule has 1 atom stereocenters. The molecule has 0 aliphatic carbocycles. The second kappa shape index (κ2) is 13.7. The van der Waals surface area contributed by atoms with Gasteiger partial charge in [0, 0.05) is 15.6 Å². The van der Waals surface area contributed by atoms with Gasteiger partial charge in [0.05, 0.1) is 37.4 Å². The van der Waals surface area contributed by atoms with Gasteiger partial charge in [0.1, 0.15) is 12.4 Å². The van der Waals surface area contributed by atoms with Crippen molar-refractivity contribution in [2.45, 2.75) is 46.3 Å². The molecule has 0 unspecified atom stereocenters. The second-order valence-corrected chi connectivity index (χ2v) is 14.0. The van der Waals surface area contributed by atoms with E-state index in [0.29, 0.717) is 51.3 Å². The van der Waals surface area contributed by atoms with Crippen LogP contribution in [0.5, 0.6) is 5.75 Å². The lowest BCUT2D eigenvalue weighted by Gasteiger charge is -2.25. The third kappa shape index (κ3) is 6.77. The molecule has 2 heterocycles. The van der Waals surface area contributed by atoms with Crippen LogP contribution in [0.2, 0.25) is 10.0 Å². The molecular weight excluding hydrogens is 751 g/mol. The van der Waals surface area contributed by atoms with Gasteiger partial charge in [-0.2, -0.15) is 0 Å². The van der Waals surface area contributed by atoms with E-state index in [9.17, 15) is 9.59 Å². The zero-order valence-corrected chi connectivity index (χ0v) is 29.8. The van der Waals surface area contributed by atoms with Gasteiger partial charge in [-0.15, -0.1) is 0 Å². The van der Waals surface area contributed by atoms with Crippen molar-refractivity contribution in [1.29, 1.82) is 0 Å². The van der Waals surface area contributed by atoms with E-state index in [1.807, 2.05) is 48.5 Å². The van der Waals surface area contributed by atoms with Crippen LogP contribution in [0, 0.1) is 0 Å². The summed E-state index contributed by atoms with van der Waals surface area (Å²) in [7, 11) is 0. The molecular formula is C33H28Br2Cl2N2O4S. The van der Waals surface area contributed by atoms with Gasteiger partial charge < -0.3 is 9.47 Å². The zero-order chi connectivity index (χ0) is 31.7. The van der Waals surface area contributed by atoms with Crippen LogP contribution < -0.4 is 19.6 Å². The van der Waals surface area contributed by atoms with E-state index in [1.165, 1.54) is 16.9 Å². The highest BCUT2D eigenvalue weighted by Crippen LogP contribution is 2.36. The van der Waals surface area contributed by atoms with E-state index in [4.69, 9.17) is 32.7 Å². The number of thiazole rings is 1. The Balaban J connectivity index is 1.55. The lowest BCUT2D eigenvalue weighted by Crippen LogP contribution is -2.39. The number of fused-ring (bicyclic) bond motifs is 1. The summed E-state index contributed by atoms with van der Waals surface area (Å²) < 4.78 is 14.9. The molecule has 44 heavy (non-hydrogen) atoms. The first-order valence-corrected chi connectivity index (χ1v) is 17.0. The normalized spacial score (nSPS) is 14.9. The van der Waals surface area contributed by atoms with Gasteiger partial charge in [-0.1, -0.05) is 78.7 Å². The molecule has 11 heteroatoms. The molecule has 1 aliphatic rings. The van der Waals surface area contributed by atoms with Crippen molar-refractivity contribution in [3.63, 3.8) is 0 Å². The first-order valence-electron chi connectivity index (χ1n) is 13.8. The molecule has 0 fully saturated rings. The molecule has 1 aromatic heterocycles. The Morgan fingerprint density at radius 1 is 1.09 bits per heavy atom. The number of hydrogen-bond donors (Lipinski definition) is 0. The number of allylic oxidation sites excluding steroid dienone is 1. The summed E-state index contributed by atoms with van der Waals surface area (Å²) in [5, 5.41) is 1.07. The highest BCUT2D eigenvalue weighted by Gasteiger charge is 2.33. The van der Waals surface area contributed by atoms with Crippen molar-refractivity contribution in [3.8, 4) is 5.75 Å².